The normalized spacial score (nSPS) is 12.0. The number of sulfone groups is 1. The summed E-state index contributed by atoms with van der Waals surface area (Å²) in [7, 11) is -3.57. The minimum Gasteiger partial charge on any atom is -0.406 e. The Bertz CT molecular complexity index is 1920. The Kier molecular flexibility index (Phi) is 25.3. The summed E-state index contributed by atoms with van der Waals surface area (Å²) in [4.78, 5) is 34.0. The summed E-state index contributed by atoms with van der Waals surface area (Å²) in [5.74, 6) is 0.0259. The number of carbonyl (C=O) groups excluding carboxylic acids is 3. The van der Waals surface area contributed by atoms with Gasteiger partial charge in [-0.2, -0.15) is 0 Å². The Hall–Kier alpha value is -4.03. The van der Waals surface area contributed by atoms with Gasteiger partial charge in [-0.25, -0.2) is 8.42 Å². The zero-order valence-electron chi connectivity index (χ0n) is 41.7. The third kappa shape index (κ3) is 29.1. The average Bonchev–Trinajstić information content (AvgIpc) is 3.11. The van der Waals surface area contributed by atoms with Crippen molar-refractivity contribution in [1.82, 2.24) is 5.32 Å². The highest BCUT2D eigenvalue weighted by atomic mass is 32.2. The second kappa shape index (κ2) is 26.1. The summed E-state index contributed by atoms with van der Waals surface area (Å²) in [5, 5.41) is 2.78. The van der Waals surface area contributed by atoms with Gasteiger partial charge in [0.1, 0.15) is 5.75 Å². The zero-order valence-corrected chi connectivity index (χ0v) is 42.6. The van der Waals surface area contributed by atoms with Crippen LogP contribution in [0.1, 0.15) is 168 Å². The van der Waals surface area contributed by atoms with Gasteiger partial charge in [0.15, 0.2) is 21.4 Å². The monoisotopic (exact) mass is 907 g/mol. The van der Waals surface area contributed by atoms with Gasteiger partial charge in [0, 0.05) is 35.4 Å². The van der Waals surface area contributed by atoms with E-state index in [4.69, 9.17) is 5.73 Å². The first kappa shape index (κ1) is 61.1. The Morgan fingerprint density at radius 3 is 1.41 bits per heavy atom. The molecule has 0 bridgehead atoms. The van der Waals surface area contributed by atoms with Crippen LogP contribution < -0.4 is 15.8 Å². The van der Waals surface area contributed by atoms with Crippen molar-refractivity contribution in [3.05, 3.63) is 95.1 Å². The number of carbonyl (C=O) groups is 3. The van der Waals surface area contributed by atoms with Crippen molar-refractivity contribution in [2.45, 2.75) is 166 Å². The molecule has 63 heavy (non-hydrogen) atoms. The lowest BCUT2D eigenvalue weighted by Gasteiger charge is -2.19. The Morgan fingerprint density at radius 1 is 0.619 bits per heavy atom. The van der Waals surface area contributed by atoms with Crippen LogP contribution in [0.2, 0.25) is 0 Å². The molecule has 8 nitrogen and oxygen atoms in total. The van der Waals surface area contributed by atoms with E-state index in [1.807, 2.05) is 104 Å². The molecule has 0 aliphatic heterocycles. The van der Waals surface area contributed by atoms with Gasteiger partial charge in [-0.1, -0.05) is 137 Å². The lowest BCUT2D eigenvalue weighted by molar-refractivity contribution is -0.274. The first-order valence-electron chi connectivity index (χ1n) is 21.5. The number of halogens is 3. The minimum absolute atomic E-state index is 0.0375. The van der Waals surface area contributed by atoms with E-state index in [1.165, 1.54) is 32.8 Å². The molecule has 3 rings (SSSR count). The number of ether oxygens (including phenoxy) is 1. The molecule has 3 aromatic carbocycles. The van der Waals surface area contributed by atoms with Crippen LogP contribution in [0, 0.1) is 35.5 Å². The molecule has 0 aliphatic rings. The van der Waals surface area contributed by atoms with Crippen LogP contribution in [0.15, 0.2) is 77.7 Å². The van der Waals surface area contributed by atoms with Crippen LogP contribution in [0.5, 0.6) is 5.75 Å². The largest absolute Gasteiger partial charge is 0.573 e. The van der Waals surface area contributed by atoms with Crippen molar-refractivity contribution < 1.29 is 40.7 Å². The van der Waals surface area contributed by atoms with Gasteiger partial charge in [0.25, 0.3) is 0 Å². The molecule has 1 amide bonds. The van der Waals surface area contributed by atoms with Crippen molar-refractivity contribution in [2.75, 3.05) is 13.1 Å². The third-order valence-corrected chi connectivity index (χ3v) is 11.2. The van der Waals surface area contributed by atoms with Crippen LogP contribution >= 0.6 is 0 Å². The molecule has 358 valence electrons. The third-order valence-electron chi connectivity index (χ3n) is 8.74. The fourth-order valence-electron chi connectivity index (χ4n) is 5.05. The molecule has 0 saturated heterocycles. The van der Waals surface area contributed by atoms with Gasteiger partial charge in [-0.15, -0.1) is 13.2 Å². The summed E-state index contributed by atoms with van der Waals surface area (Å²) in [6.07, 6.45) is -0.159. The number of Topliss-reactive ketones (excluding diaryl/α,β-unsaturated/α-hetero) is 2. The molecule has 12 heteroatoms. The number of alkyl halides is 3. The van der Waals surface area contributed by atoms with Crippen LogP contribution in [0.4, 0.5) is 13.2 Å². The molecule has 3 N–H and O–H groups in total. The molecule has 0 spiro atoms. The van der Waals surface area contributed by atoms with Gasteiger partial charge >= 0.3 is 6.36 Å². The Balaban J connectivity index is 0. The summed E-state index contributed by atoms with van der Waals surface area (Å²) in [5.41, 5.74) is 9.56. The lowest BCUT2D eigenvalue weighted by atomic mass is 9.86. The second-order valence-corrected chi connectivity index (χ2v) is 23.8. The predicted octanol–water partition coefficient (Wildman–Crippen LogP) is 13.3. The van der Waals surface area contributed by atoms with Gasteiger partial charge in [-0.05, 0) is 108 Å². The van der Waals surface area contributed by atoms with Crippen molar-refractivity contribution in [3.8, 4) is 5.75 Å². The number of nitrogens with one attached hydrogen (secondary N) is 1. The molecule has 0 unspecified atom stereocenters. The number of ketones is 2. The summed E-state index contributed by atoms with van der Waals surface area (Å²) in [6.45, 7) is 36.8. The molecule has 0 saturated carbocycles. The topological polar surface area (TPSA) is 133 Å². The van der Waals surface area contributed by atoms with E-state index < -0.39 is 26.7 Å². The molecule has 0 aliphatic carbocycles. The van der Waals surface area contributed by atoms with E-state index in [0.29, 0.717) is 10.8 Å². The van der Waals surface area contributed by atoms with Gasteiger partial charge in [-0.3, -0.25) is 14.4 Å². The standard InChI is InChI=1S/2C12H16O.C11H13F3O3S.C9H19NO.C7H17N/c1-9-5-7-10(8-6-9)11(13)12(2,3)4;1-9-6-5-7-10(8-9)11(13)12(2,3)4;1-10(2,3)18(15,16)9-6-4-8(5-7-9)17-11(12,13)14;1-8(11)10-7-5-6-9(2,3)4;1-7(2,3)5-4-6-8/h2*5-8H,1-4H3;4-7H,1-3H3;5-7H2,1-4H3,(H,10,11);4-6,8H2,1-3H3. The number of aryl methyl sites for hydroxylation is 2. The first-order chi connectivity index (χ1) is 28.2. The van der Waals surface area contributed by atoms with E-state index in [2.05, 4.69) is 51.6 Å². The Morgan fingerprint density at radius 2 is 1.06 bits per heavy atom. The van der Waals surface area contributed by atoms with Crippen molar-refractivity contribution in [3.63, 3.8) is 0 Å². The van der Waals surface area contributed by atoms with Crippen LogP contribution in [0.25, 0.3) is 0 Å². The smallest absolute Gasteiger partial charge is 0.406 e. The molecule has 0 atom stereocenters. The van der Waals surface area contributed by atoms with Crippen LogP contribution in [-0.4, -0.2) is 50.1 Å². The molecule has 0 heterocycles. The van der Waals surface area contributed by atoms with E-state index in [9.17, 15) is 36.0 Å². The predicted molar refractivity (Wildman–Crippen MR) is 255 cm³/mol. The minimum atomic E-state index is -4.79. The summed E-state index contributed by atoms with van der Waals surface area (Å²) < 4.78 is 62.4. The highest BCUT2D eigenvalue weighted by molar-refractivity contribution is 7.92. The fraction of sp³-hybridized carbons (Fsp3) is 0.588. The maximum Gasteiger partial charge on any atom is 0.573 e. The number of rotatable bonds is 9. The second-order valence-electron chi connectivity index (χ2n) is 21.1. The highest BCUT2D eigenvalue weighted by Gasteiger charge is 2.33. The number of hydrogen-bond donors (Lipinski definition) is 2. The number of benzene rings is 3. The van der Waals surface area contributed by atoms with Gasteiger partial charge in [0.2, 0.25) is 5.91 Å². The average molecular weight is 907 g/mol. The zero-order chi connectivity index (χ0) is 49.8. The molecular formula is C51H81F3N2O6S. The van der Waals surface area contributed by atoms with Crippen molar-refractivity contribution in [2.24, 2.45) is 27.4 Å². The number of amides is 1. The summed E-state index contributed by atoms with van der Waals surface area (Å²) in [6, 6.07) is 19.6. The first-order valence-corrected chi connectivity index (χ1v) is 23.0. The van der Waals surface area contributed by atoms with Crippen LogP contribution in [-0.2, 0) is 14.6 Å². The van der Waals surface area contributed by atoms with Gasteiger partial charge in [0.05, 0.1) is 9.64 Å². The van der Waals surface area contributed by atoms with E-state index in [-0.39, 0.29) is 33.2 Å². The van der Waals surface area contributed by atoms with Crippen molar-refractivity contribution in [1.29, 1.82) is 0 Å². The van der Waals surface area contributed by atoms with Crippen molar-refractivity contribution >= 4 is 27.3 Å². The van der Waals surface area contributed by atoms with Gasteiger partial charge < -0.3 is 15.8 Å². The van der Waals surface area contributed by atoms with E-state index in [0.717, 1.165) is 73.3 Å². The molecule has 0 radical (unpaired) electrons. The number of nitrogens with two attached hydrogens (primary N) is 1. The lowest BCUT2D eigenvalue weighted by Crippen LogP contribution is -2.27. The van der Waals surface area contributed by atoms with E-state index in [1.54, 1.807) is 6.92 Å². The van der Waals surface area contributed by atoms with Crippen LogP contribution in [0.3, 0.4) is 0 Å². The maximum absolute atomic E-state index is 12.0. The van der Waals surface area contributed by atoms with E-state index >= 15 is 0 Å². The quantitative estimate of drug-likeness (QED) is 0.161. The summed E-state index contributed by atoms with van der Waals surface area (Å²) >= 11 is 0. The highest BCUT2D eigenvalue weighted by Crippen LogP contribution is 2.29. The number of hydrogen-bond acceptors (Lipinski definition) is 7. The molecule has 0 aromatic heterocycles. The molecule has 3 aromatic rings. The SMILES string of the molecule is CC(=O)NCCCC(C)(C)C.CC(C)(C)CCCN.CC(C)(C)S(=O)(=O)c1ccc(OC(F)(F)F)cc1.Cc1ccc(C(=O)C(C)(C)C)cc1.Cc1cccc(C(=O)C(C)(C)C)c1. The molecule has 0 fully saturated rings. The maximum atomic E-state index is 12.0. The fourth-order valence-corrected chi connectivity index (χ4v) is 6.25. The Labute approximate surface area is 379 Å². The molecular weight excluding hydrogens is 826 g/mol.